The summed E-state index contributed by atoms with van der Waals surface area (Å²) in [5.41, 5.74) is 7.12. The first kappa shape index (κ1) is 11.0. The number of nitrogens with two attached hydrogens (primary N) is 1. The second-order valence-corrected chi connectivity index (χ2v) is 5.44. The van der Waals surface area contributed by atoms with Crippen molar-refractivity contribution in [2.24, 2.45) is 5.84 Å². The molecule has 1 aliphatic carbocycles. The number of nitrogens with one attached hydrogen (secondary N) is 1. The zero-order chi connectivity index (χ0) is 12.0. The fourth-order valence-electron chi connectivity index (χ4n) is 2.13. The van der Waals surface area contributed by atoms with E-state index in [1.165, 1.54) is 18.4 Å². The molecule has 0 amide bonds. The Balaban J connectivity index is 2.32. The number of nitrogen functional groups attached to an aromatic ring is 1. The van der Waals surface area contributed by atoms with Gasteiger partial charge in [0.15, 0.2) is 0 Å². The number of nitrogens with zero attached hydrogens (tertiary/aromatic N) is 1. The van der Waals surface area contributed by atoms with Crippen LogP contribution in [0.25, 0.3) is 10.9 Å². The minimum atomic E-state index is 0.630. The molecule has 0 unspecified atom stereocenters. The number of rotatable bonds is 2. The Morgan fingerprint density at radius 2 is 2.18 bits per heavy atom. The van der Waals surface area contributed by atoms with Crippen LogP contribution in [0.5, 0.6) is 0 Å². The van der Waals surface area contributed by atoms with Gasteiger partial charge in [0.2, 0.25) is 0 Å². The van der Waals surface area contributed by atoms with Gasteiger partial charge < -0.3 is 5.43 Å². The van der Waals surface area contributed by atoms with Crippen LogP contribution in [0.4, 0.5) is 5.69 Å². The fraction of sp³-hybridized carbons (Fsp3) is 0.308. The maximum absolute atomic E-state index is 5.60. The quantitative estimate of drug-likeness (QED) is 0.658. The Bertz CT molecular complexity index is 591. The molecule has 1 heterocycles. The zero-order valence-corrected chi connectivity index (χ0v) is 11.2. The van der Waals surface area contributed by atoms with Crippen LogP contribution in [0.2, 0.25) is 0 Å². The summed E-state index contributed by atoms with van der Waals surface area (Å²) in [6.45, 7) is 2.08. The predicted molar refractivity (Wildman–Crippen MR) is 74.0 cm³/mol. The van der Waals surface area contributed by atoms with E-state index in [9.17, 15) is 0 Å². The van der Waals surface area contributed by atoms with Gasteiger partial charge in [0.1, 0.15) is 0 Å². The molecule has 1 saturated carbocycles. The summed E-state index contributed by atoms with van der Waals surface area (Å²) in [5.74, 6) is 6.23. The molecule has 1 aromatic heterocycles. The molecule has 3 nitrogen and oxygen atoms in total. The van der Waals surface area contributed by atoms with Crippen molar-refractivity contribution in [2.45, 2.75) is 25.7 Å². The van der Waals surface area contributed by atoms with Gasteiger partial charge in [-0.15, -0.1) is 0 Å². The molecular formula is C13H14BrN3. The molecule has 0 aliphatic heterocycles. The third-order valence-electron chi connectivity index (χ3n) is 3.34. The van der Waals surface area contributed by atoms with Gasteiger partial charge in [-0.2, -0.15) is 0 Å². The normalized spacial score (nSPS) is 15.2. The number of hydrogen-bond donors (Lipinski definition) is 2. The largest absolute Gasteiger partial charge is 0.323 e. The van der Waals surface area contributed by atoms with Crippen LogP contribution in [0, 0.1) is 6.92 Å². The van der Waals surface area contributed by atoms with Crippen LogP contribution >= 0.6 is 15.9 Å². The molecule has 1 aliphatic rings. The maximum atomic E-state index is 5.60. The topological polar surface area (TPSA) is 50.9 Å². The smallest absolute Gasteiger partial charge is 0.0767 e. The lowest BCUT2D eigenvalue weighted by Gasteiger charge is -2.11. The molecule has 0 saturated heterocycles. The average Bonchev–Trinajstić information content (AvgIpc) is 3.17. The summed E-state index contributed by atoms with van der Waals surface area (Å²) < 4.78 is 1.09. The van der Waals surface area contributed by atoms with Gasteiger partial charge in [-0.1, -0.05) is 15.9 Å². The number of hydrogen-bond acceptors (Lipinski definition) is 3. The SMILES string of the molecule is Cc1c(Br)ccc2c(NN)cc(C3CC3)nc12. The van der Waals surface area contributed by atoms with Crippen molar-refractivity contribution in [3.8, 4) is 0 Å². The van der Waals surface area contributed by atoms with Crippen molar-refractivity contribution in [1.29, 1.82) is 0 Å². The summed E-state index contributed by atoms with van der Waals surface area (Å²) in [5, 5.41) is 1.08. The van der Waals surface area contributed by atoms with Crippen molar-refractivity contribution < 1.29 is 0 Å². The first-order chi connectivity index (χ1) is 8.20. The third kappa shape index (κ3) is 1.81. The van der Waals surface area contributed by atoms with Crippen LogP contribution in [-0.4, -0.2) is 4.98 Å². The Kier molecular flexibility index (Phi) is 2.56. The summed E-state index contributed by atoms with van der Waals surface area (Å²) in [6, 6.07) is 6.16. The van der Waals surface area contributed by atoms with E-state index >= 15 is 0 Å². The minimum Gasteiger partial charge on any atom is -0.323 e. The molecule has 0 radical (unpaired) electrons. The lowest BCUT2D eigenvalue weighted by Crippen LogP contribution is -2.08. The molecule has 1 fully saturated rings. The number of anilines is 1. The number of hydrazine groups is 1. The van der Waals surface area contributed by atoms with Crippen molar-refractivity contribution in [3.05, 3.63) is 33.9 Å². The first-order valence-corrected chi connectivity index (χ1v) is 6.56. The van der Waals surface area contributed by atoms with E-state index < -0.39 is 0 Å². The number of pyridine rings is 1. The molecular weight excluding hydrogens is 278 g/mol. The molecule has 3 N–H and O–H groups in total. The van der Waals surface area contributed by atoms with E-state index in [0.29, 0.717) is 5.92 Å². The first-order valence-electron chi connectivity index (χ1n) is 5.77. The Labute approximate surface area is 109 Å². The summed E-state index contributed by atoms with van der Waals surface area (Å²) >= 11 is 3.55. The molecule has 0 atom stereocenters. The van der Waals surface area contributed by atoms with Gasteiger partial charge in [-0.25, -0.2) is 0 Å². The number of benzene rings is 1. The third-order valence-corrected chi connectivity index (χ3v) is 4.20. The van der Waals surface area contributed by atoms with Crippen LogP contribution in [0.15, 0.2) is 22.7 Å². The van der Waals surface area contributed by atoms with Gasteiger partial charge in [0, 0.05) is 21.5 Å². The van der Waals surface area contributed by atoms with Crippen molar-refractivity contribution in [3.63, 3.8) is 0 Å². The van der Waals surface area contributed by atoms with Crippen molar-refractivity contribution in [1.82, 2.24) is 4.98 Å². The minimum absolute atomic E-state index is 0.630. The highest BCUT2D eigenvalue weighted by Crippen LogP contribution is 2.41. The van der Waals surface area contributed by atoms with E-state index in [2.05, 4.69) is 34.3 Å². The fourth-order valence-corrected chi connectivity index (χ4v) is 2.45. The van der Waals surface area contributed by atoms with Gasteiger partial charge in [-0.05, 0) is 43.5 Å². The molecule has 17 heavy (non-hydrogen) atoms. The molecule has 1 aromatic carbocycles. The Hall–Kier alpha value is -1.13. The predicted octanol–water partition coefficient (Wildman–Crippen LogP) is 3.47. The van der Waals surface area contributed by atoms with E-state index in [0.717, 1.165) is 26.8 Å². The van der Waals surface area contributed by atoms with Gasteiger partial charge in [-0.3, -0.25) is 10.8 Å². The van der Waals surface area contributed by atoms with Gasteiger partial charge in [0.25, 0.3) is 0 Å². The monoisotopic (exact) mass is 291 g/mol. The van der Waals surface area contributed by atoms with E-state index in [1.54, 1.807) is 0 Å². The number of halogens is 1. The lowest BCUT2D eigenvalue weighted by molar-refractivity contribution is 1.04. The summed E-state index contributed by atoms with van der Waals surface area (Å²) in [7, 11) is 0. The molecule has 88 valence electrons. The second-order valence-electron chi connectivity index (χ2n) is 4.58. The van der Waals surface area contributed by atoms with E-state index in [1.807, 2.05) is 12.1 Å². The average molecular weight is 292 g/mol. The zero-order valence-electron chi connectivity index (χ0n) is 9.63. The summed E-state index contributed by atoms with van der Waals surface area (Å²) in [4.78, 5) is 4.78. The summed E-state index contributed by atoms with van der Waals surface area (Å²) in [6.07, 6.45) is 2.49. The lowest BCUT2D eigenvalue weighted by atomic mass is 10.1. The maximum Gasteiger partial charge on any atom is 0.0767 e. The highest BCUT2D eigenvalue weighted by Gasteiger charge is 2.26. The van der Waals surface area contributed by atoms with Crippen LogP contribution < -0.4 is 11.3 Å². The number of aryl methyl sites for hydroxylation is 1. The van der Waals surface area contributed by atoms with E-state index in [4.69, 9.17) is 10.8 Å². The molecule has 0 spiro atoms. The highest BCUT2D eigenvalue weighted by molar-refractivity contribution is 9.10. The molecule has 4 heteroatoms. The Morgan fingerprint density at radius 3 is 2.82 bits per heavy atom. The van der Waals surface area contributed by atoms with Gasteiger partial charge in [0.05, 0.1) is 11.2 Å². The molecule has 3 rings (SSSR count). The highest BCUT2D eigenvalue weighted by atomic mass is 79.9. The van der Waals surface area contributed by atoms with Crippen LogP contribution in [0.1, 0.15) is 30.0 Å². The second kappa shape index (κ2) is 3.96. The van der Waals surface area contributed by atoms with Crippen LogP contribution in [-0.2, 0) is 0 Å². The van der Waals surface area contributed by atoms with Gasteiger partial charge >= 0.3 is 0 Å². The Morgan fingerprint density at radius 1 is 1.41 bits per heavy atom. The van der Waals surface area contributed by atoms with Crippen molar-refractivity contribution >= 4 is 32.5 Å². The molecule has 2 aromatic rings. The van der Waals surface area contributed by atoms with Crippen LogP contribution in [0.3, 0.4) is 0 Å². The van der Waals surface area contributed by atoms with Crippen molar-refractivity contribution in [2.75, 3.05) is 5.43 Å². The number of aromatic nitrogens is 1. The standard InChI is InChI=1S/C13H14BrN3/c1-7-10(14)5-4-9-12(17-15)6-11(8-2-3-8)16-13(7)9/h4-6,8H,2-3,15H2,1H3,(H,16,17). The number of fused-ring (bicyclic) bond motifs is 1. The molecule has 0 bridgehead atoms. The van der Waals surface area contributed by atoms with E-state index in [-0.39, 0.29) is 0 Å².